The molecule has 2 amide bonds. The van der Waals surface area contributed by atoms with Gasteiger partial charge in [-0.15, -0.1) is 0 Å². The molecule has 6 nitrogen and oxygen atoms in total. The van der Waals surface area contributed by atoms with Crippen LogP contribution in [0.5, 0.6) is 0 Å². The summed E-state index contributed by atoms with van der Waals surface area (Å²) in [6.07, 6.45) is 7.58. The quantitative estimate of drug-likeness (QED) is 0.826. The maximum atomic E-state index is 12.6. The number of rotatable bonds is 4. The Morgan fingerprint density at radius 1 is 1.25 bits per heavy atom. The first-order chi connectivity index (χ1) is 11.4. The summed E-state index contributed by atoms with van der Waals surface area (Å²) in [6, 6.07) is 0.0587. The summed E-state index contributed by atoms with van der Waals surface area (Å²) in [5.41, 5.74) is -0.715. The van der Waals surface area contributed by atoms with E-state index in [-0.39, 0.29) is 23.6 Å². The maximum Gasteiger partial charge on any atom is 0.317 e. The van der Waals surface area contributed by atoms with Crippen LogP contribution in [0.2, 0.25) is 0 Å². The molecule has 136 valence electrons. The van der Waals surface area contributed by atoms with Crippen molar-refractivity contribution in [3.8, 4) is 0 Å². The third kappa shape index (κ3) is 2.89. The zero-order chi connectivity index (χ0) is 17.4. The van der Waals surface area contributed by atoms with Crippen LogP contribution < -0.4 is 5.32 Å². The fourth-order valence-corrected chi connectivity index (χ4v) is 4.82. The number of hydrogen-bond acceptors (Lipinski definition) is 3. The molecule has 2 N–H and O–H groups in total. The molecule has 0 aromatic rings. The lowest BCUT2D eigenvalue weighted by molar-refractivity contribution is -0.147. The van der Waals surface area contributed by atoms with Crippen molar-refractivity contribution in [2.24, 2.45) is 10.8 Å². The van der Waals surface area contributed by atoms with Crippen molar-refractivity contribution in [2.75, 3.05) is 19.7 Å². The number of nitrogens with one attached hydrogen (secondary N) is 1. The number of carbonyl (C=O) groups is 2. The highest BCUT2D eigenvalue weighted by molar-refractivity contribution is 5.79. The number of likely N-dealkylation sites (tertiary alicyclic amines) is 1. The summed E-state index contributed by atoms with van der Waals surface area (Å²) in [5.74, 6) is -0.818. The van der Waals surface area contributed by atoms with Gasteiger partial charge in [0.2, 0.25) is 0 Å². The number of aliphatic carboxylic acids is 1. The SMILES string of the molecule is CCOC1CC(NC(=O)N2CCC(C)(C(=O)O)C2)C12CCCCC2. The Labute approximate surface area is 143 Å². The Balaban J connectivity index is 1.61. The molecule has 0 radical (unpaired) electrons. The third-order valence-corrected chi connectivity index (χ3v) is 6.51. The van der Waals surface area contributed by atoms with Crippen LogP contribution in [0.15, 0.2) is 0 Å². The normalized spacial score (nSPS) is 34.8. The minimum atomic E-state index is -0.818. The van der Waals surface area contributed by atoms with E-state index < -0.39 is 11.4 Å². The van der Waals surface area contributed by atoms with Crippen LogP contribution in [0.3, 0.4) is 0 Å². The van der Waals surface area contributed by atoms with Crippen molar-refractivity contribution < 1.29 is 19.4 Å². The van der Waals surface area contributed by atoms with E-state index in [1.165, 1.54) is 19.3 Å². The smallest absolute Gasteiger partial charge is 0.317 e. The van der Waals surface area contributed by atoms with Crippen molar-refractivity contribution >= 4 is 12.0 Å². The first kappa shape index (κ1) is 17.5. The molecule has 3 rings (SSSR count). The number of hydrogen-bond donors (Lipinski definition) is 2. The summed E-state index contributed by atoms with van der Waals surface area (Å²) in [4.78, 5) is 25.7. The zero-order valence-corrected chi connectivity index (χ0v) is 14.8. The van der Waals surface area contributed by atoms with Crippen molar-refractivity contribution in [3.63, 3.8) is 0 Å². The molecule has 3 atom stereocenters. The number of carboxylic acids is 1. The van der Waals surface area contributed by atoms with Crippen molar-refractivity contribution in [1.82, 2.24) is 10.2 Å². The Morgan fingerprint density at radius 3 is 2.54 bits per heavy atom. The molecule has 6 heteroatoms. The average molecular weight is 338 g/mol. The molecular weight excluding hydrogens is 308 g/mol. The van der Waals surface area contributed by atoms with Crippen LogP contribution in [-0.4, -0.2) is 53.8 Å². The van der Waals surface area contributed by atoms with Crippen LogP contribution in [0.1, 0.15) is 58.8 Å². The molecule has 2 aliphatic carbocycles. The molecular formula is C18H30N2O4. The van der Waals surface area contributed by atoms with E-state index in [0.29, 0.717) is 19.5 Å². The van der Waals surface area contributed by atoms with E-state index in [1.54, 1.807) is 11.8 Å². The Morgan fingerprint density at radius 2 is 1.96 bits per heavy atom. The molecule has 1 aliphatic heterocycles. The molecule has 24 heavy (non-hydrogen) atoms. The van der Waals surface area contributed by atoms with E-state index in [1.807, 2.05) is 6.92 Å². The van der Waals surface area contributed by atoms with Gasteiger partial charge in [-0.3, -0.25) is 4.79 Å². The van der Waals surface area contributed by atoms with Gasteiger partial charge in [0.05, 0.1) is 11.5 Å². The standard InChI is InChI=1S/C18H30N2O4/c1-3-24-14-11-13(18(14)7-5-4-6-8-18)19-16(23)20-10-9-17(2,12-20)15(21)22/h13-14H,3-12H2,1-2H3,(H,19,23)(H,21,22). The molecule has 1 saturated heterocycles. The number of ether oxygens (including phenoxy) is 1. The largest absolute Gasteiger partial charge is 0.481 e. The van der Waals surface area contributed by atoms with E-state index in [0.717, 1.165) is 25.9 Å². The molecule has 0 aromatic carbocycles. The average Bonchev–Trinajstić information content (AvgIpc) is 2.98. The van der Waals surface area contributed by atoms with Crippen LogP contribution >= 0.6 is 0 Å². The zero-order valence-electron chi connectivity index (χ0n) is 14.8. The van der Waals surface area contributed by atoms with Gasteiger partial charge in [0.25, 0.3) is 0 Å². The van der Waals surface area contributed by atoms with Gasteiger partial charge in [-0.25, -0.2) is 4.79 Å². The minimum Gasteiger partial charge on any atom is -0.481 e. The van der Waals surface area contributed by atoms with E-state index in [2.05, 4.69) is 5.32 Å². The van der Waals surface area contributed by atoms with Gasteiger partial charge >= 0.3 is 12.0 Å². The van der Waals surface area contributed by atoms with Crippen LogP contribution in [0.4, 0.5) is 4.79 Å². The second-order valence-electron chi connectivity index (χ2n) is 8.01. The van der Waals surface area contributed by atoms with Crippen LogP contribution in [0, 0.1) is 10.8 Å². The first-order valence-corrected chi connectivity index (χ1v) is 9.32. The molecule has 1 heterocycles. The molecule has 3 aliphatic rings. The molecule has 0 aromatic heterocycles. The van der Waals surface area contributed by atoms with Gasteiger partial charge in [0.15, 0.2) is 0 Å². The number of nitrogens with zero attached hydrogens (tertiary/aromatic N) is 1. The first-order valence-electron chi connectivity index (χ1n) is 9.32. The molecule has 1 spiro atoms. The number of carboxylic acid groups (broad SMARTS) is 1. The highest BCUT2D eigenvalue weighted by Crippen LogP contribution is 2.53. The second-order valence-corrected chi connectivity index (χ2v) is 8.01. The van der Waals surface area contributed by atoms with Crippen LogP contribution in [-0.2, 0) is 9.53 Å². The van der Waals surface area contributed by atoms with E-state index in [4.69, 9.17) is 4.74 Å². The number of urea groups is 1. The topological polar surface area (TPSA) is 78.9 Å². The van der Waals surface area contributed by atoms with Crippen LogP contribution in [0.25, 0.3) is 0 Å². The van der Waals surface area contributed by atoms with Crippen molar-refractivity contribution in [3.05, 3.63) is 0 Å². The predicted molar refractivity (Wildman–Crippen MR) is 89.8 cm³/mol. The van der Waals surface area contributed by atoms with Gasteiger partial charge < -0.3 is 20.1 Å². The van der Waals surface area contributed by atoms with Gasteiger partial charge in [-0.2, -0.15) is 0 Å². The van der Waals surface area contributed by atoms with Crippen molar-refractivity contribution in [2.45, 2.75) is 70.9 Å². The highest BCUT2D eigenvalue weighted by atomic mass is 16.5. The van der Waals surface area contributed by atoms with E-state index in [9.17, 15) is 14.7 Å². The van der Waals surface area contributed by atoms with Gasteiger partial charge in [-0.1, -0.05) is 19.3 Å². The molecule has 3 unspecified atom stereocenters. The lowest BCUT2D eigenvalue weighted by Gasteiger charge is -2.57. The fourth-order valence-electron chi connectivity index (χ4n) is 4.82. The molecule has 2 saturated carbocycles. The molecule has 3 fully saturated rings. The summed E-state index contributed by atoms with van der Waals surface area (Å²) in [5, 5.41) is 12.5. The van der Waals surface area contributed by atoms with Gasteiger partial charge in [0, 0.05) is 31.2 Å². The molecule has 0 bridgehead atoms. The number of amides is 2. The summed E-state index contributed by atoms with van der Waals surface area (Å²) < 4.78 is 5.93. The Kier molecular flexibility index (Phi) is 4.78. The monoisotopic (exact) mass is 338 g/mol. The predicted octanol–water partition coefficient (Wildman–Crippen LogP) is 2.62. The highest BCUT2D eigenvalue weighted by Gasteiger charge is 2.56. The third-order valence-electron chi connectivity index (χ3n) is 6.51. The summed E-state index contributed by atoms with van der Waals surface area (Å²) in [7, 11) is 0. The number of carbonyl (C=O) groups excluding carboxylic acids is 1. The van der Waals surface area contributed by atoms with Gasteiger partial charge in [0.1, 0.15) is 0 Å². The maximum absolute atomic E-state index is 12.6. The Hall–Kier alpha value is -1.30. The summed E-state index contributed by atoms with van der Waals surface area (Å²) >= 11 is 0. The Bertz CT molecular complexity index is 503. The van der Waals surface area contributed by atoms with E-state index >= 15 is 0 Å². The lowest BCUT2D eigenvalue weighted by atomic mass is 9.55. The lowest BCUT2D eigenvalue weighted by Crippen LogP contribution is -2.66. The fraction of sp³-hybridized carbons (Fsp3) is 0.889. The minimum absolute atomic E-state index is 0.0970. The second kappa shape index (κ2) is 6.54. The van der Waals surface area contributed by atoms with Crippen molar-refractivity contribution in [1.29, 1.82) is 0 Å². The van der Waals surface area contributed by atoms with Gasteiger partial charge in [-0.05, 0) is 39.5 Å². The summed E-state index contributed by atoms with van der Waals surface area (Å²) in [6.45, 7) is 5.28.